The van der Waals surface area contributed by atoms with E-state index >= 15 is 0 Å². The number of aromatic nitrogens is 2. The van der Waals surface area contributed by atoms with Crippen LogP contribution in [0.2, 0.25) is 0 Å². The summed E-state index contributed by atoms with van der Waals surface area (Å²) in [4.78, 5) is 10.0. The molecule has 1 aliphatic heterocycles. The van der Waals surface area contributed by atoms with Gasteiger partial charge in [-0.05, 0) is 19.1 Å². The van der Waals surface area contributed by atoms with Gasteiger partial charge in [-0.1, -0.05) is 0 Å². The number of anilines is 2. The summed E-state index contributed by atoms with van der Waals surface area (Å²) < 4.78 is 32.1. The predicted molar refractivity (Wildman–Crippen MR) is 65.6 cm³/mol. The topological polar surface area (TPSA) is 38.2 Å². The lowest BCUT2D eigenvalue weighted by Gasteiger charge is -2.29. The van der Waals surface area contributed by atoms with E-state index in [-0.39, 0.29) is 0 Å². The maximum absolute atomic E-state index is 13.3. The molecule has 0 radical (unpaired) electrons. The van der Waals surface area contributed by atoms with E-state index in [2.05, 4.69) is 9.97 Å². The van der Waals surface area contributed by atoms with Gasteiger partial charge in [-0.3, -0.25) is 0 Å². The van der Waals surface area contributed by atoms with Crippen LogP contribution in [0.3, 0.4) is 0 Å². The molecule has 2 aromatic rings. The van der Waals surface area contributed by atoms with E-state index in [0.29, 0.717) is 36.2 Å². The molecule has 0 aliphatic carbocycles. The molecular weight excluding hydrogens is 252 g/mol. The van der Waals surface area contributed by atoms with Gasteiger partial charge in [0.15, 0.2) is 11.6 Å². The summed E-state index contributed by atoms with van der Waals surface area (Å²) in [5.74, 6) is 0.388. The molecule has 0 spiro atoms. The number of fused-ring (bicyclic) bond motifs is 1. The largest absolute Gasteiger partial charge is 0.486 e. The van der Waals surface area contributed by atoms with Gasteiger partial charge in [0.1, 0.15) is 24.1 Å². The van der Waals surface area contributed by atoms with E-state index in [9.17, 15) is 8.78 Å². The Kier molecular flexibility index (Phi) is 2.77. The van der Waals surface area contributed by atoms with Crippen molar-refractivity contribution < 1.29 is 13.5 Å². The zero-order valence-corrected chi connectivity index (χ0v) is 10.2. The zero-order chi connectivity index (χ0) is 13.4. The zero-order valence-electron chi connectivity index (χ0n) is 10.2. The van der Waals surface area contributed by atoms with Gasteiger partial charge in [0.25, 0.3) is 0 Å². The van der Waals surface area contributed by atoms with Gasteiger partial charge in [0.05, 0.1) is 12.7 Å². The summed E-state index contributed by atoms with van der Waals surface area (Å²) in [5.41, 5.74) is 0.417. The SMILES string of the molecule is Cc1ncc2c(n1)N(c1cc(F)cc(F)c1)CCO2. The fourth-order valence-electron chi connectivity index (χ4n) is 2.04. The smallest absolute Gasteiger partial charge is 0.180 e. The minimum absolute atomic E-state index is 0.414. The van der Waals surface area contributed by atoms with E-state index in [4.69, 9.17) is 4.74 Å². The number of hydrogen-bond acceptors (Lipinski definition) is 4. The van der Waals surface area contributed by atoms with Gasteiger partial charge in [0.2, 0.25) is 0 Å². The van der Waals surface area contributed by atoms with Crippen LogP contribution in [0.1, 0.15) is 5.82 Å². The van der Waals surface area contributed by atoms with Crippen LogP contribution in [-0.2, 0) is 0 Å². The van der Waals surface area contributed by atoms with Gasteiger partial charge < -0.3 is 9.64 Å². The standard InChI is InChI=1S/C13H11F2N3O/c1-8-16-7-12-13(17-8)18(2-3-19-12)11-5-9(14)4-10(15)6-11/h4-7H,2-3H2,1H3. The van der Waals surface area contributed by atoms with E-state index in [1.807, 2.05) is 0 Å². The molecule has 1 aliphatic rings. The maximum Gasteiger partial charge on any atom is 0.180 e. The van der Waals surface area contributed by atoms with Crippen LogP contribution in [0.5, 0.6) is 5.75 Å². The predicted octanol–water partition coefficient (Wildman–Crippen LogP) is 2.59. The van der Waals surface area contributed by atoms with E-state index in [1.165, 1.54) is 12.1 Å². The molecule has 4 nitrogen and oxygen atoms in total. The summed E-state index contributed by atoms with van der Waals surface area (Å²) in [5, 5.41) is 0. The van der Waals surface area contributed by atoms with Crippen LogP contribution in [0.4, 0.5) is 20.3 Å². The van der Waals surface area contributed by atoms with Gasteiger partial charge >= 0.3 is 0 Å². The third-order valence-corrected chi connectivity index (χ3v) is 2.84. The van der Waals surface area contributed by atoms with Crippen LogP contribution in [-0.4, -0.2) is 23.1 Å². The Morgan fingerprint density at radius 3 is 2.68 bits per heavy atom. The fraction of sp³-hybridized carbons (Fsp3) is 0.231. The Bertz CT molecular complexity index is 613. The number of halogens is 2. The molecule has 0 bridgehead atoms. The summed E-state index contributed by atoms with van der Waals surface area (Å²) in [6.07, 6.45) is 1.57. The van der Waals surface area contributed by atoms with Crippen molar-refractivity contribution in [3.05, 3.63) is 41.9 Å². The third-order valence-electron chi connectivity index (χ3n) is 2.84. The fourth-order valence-corrected chi connectivity index (χ4v) is 2.04. The molecule has 1 aromatic heterocycles. The first-order chi connectivity index (χ1) is 9.13. The number of aryl methyl sites for hydroxylation is 1. The molecule has 1 aromatic carbocycles. The average molecular weight is 263 g/mol. The molecule has 6 heteroatoms. The highest BCUT2D eigenvalue weighted by Crippen LogP contribution is 2.34. The minimum Gasteiger partial charge on any atom is -0.486 e. The van der Waals surface area contributed by atoms with Gasteiger partial charge in [0, 0.05) is 11.8 Å². The molecule has 98 valence electrons. The number of hydrogen-bond donors (Lipinski definition) is 0. The molecule has 2 heterocycles. The number of rotatable bonds is 1. The van der Waals surface area contributed by atoms with Crippen LogP contribution in [0.25, 0.3) is 0 Å². The van der Waals surface area contributed by atoms with E-state index in [1.54, 1.807) is 18.0 Å². The molecule has 0 saturated heterocycles. The highest BCUT2D eigenvalue weighted by atomic mass is 19.1. The number of nitrogens with zero attached hydrogens (tertiary/aromatic N) is 3. The number of benzene rings is 1. The minimum atomic E-state index is -0.617. The monoisotopic (exact) mass is 263 g/mol. The number of ether oxygens (including phenoxy) is 1. The summed E-state index contributed by atoms with van der Waals surface area (Å²) in [6.45, 7) is 2.64. The highest BCUT2D eigenvalue weighted by Gasteiger charge is 2.22. The second kappa shape index (κ2) is 4.46. The lowest BCUT2D eigenvalue weighted by molar-refractivity contribution is 0.309. The normalized spacial score (nSPS) is 13.9. The van der Waals surface area contributed by atoms with Crippen molar-refractivity contribution in [1.29, 1.82) is 0 Å². The lowest BCUT2D eigenvalue weighted by atomic mass is 10.2. The first-order valence-electron chi connectivity index (χ1n) is 5.83. The van der Waals surface area contributed by atoms with Crippen molar-refractivity contribution in [1.82, 2.24) is 9.97 Å². The molecule has 19 heavy (non-hydrogen) atoms. The Labute approximate surface area is 108 Å². The first kappa shape index (κ1) is 11.8. The van der Waals surface area contributed by atoms with Gasteiger partial charge in [-0.25, -0.2) is 18.7 Å². The van der Waals surface area contributed by atoms with Gasteiger partial charge in [-0.15, -0.1) is 0 Å². The molecule has 3 rings (SSSR count). The molecule has 0 N–H and O–H groups in total. The van der Waals surface area contributed by atoms with Crippen LogP contribution in [0.15, 0.2) is 24.4 Å². The molecule has 0 fully saturated rings. The van der Waals surface area contributed by atoms with E-state index < -0.39 is 11.6 Å². The van der Waals surface area contributed by atoms with Crippen LogP contribution in [0, 0.1) is 18.6 Å². The van der Waals surface area contributed by atoms with Crippen molar-refractivity contribution in [3.63, 3.8) is 0 Å². The molecular formula is C13H11F2N3O. The second-order valence-corrected chi connectivity index (χ2v) is 4.23. The average Bonchev–Trinajstić information content (AvgIpc) is 2.36. The molecule has 0 amide bonds. The molecule has 0 atom stereocenters. The first-order valence-corrected chi connectivity index (χ1v) is 5.83. The quantitative estimate of drug-likeness (QED) is 0.792. The summed E-state index contributed by atoms with van der Waals surface area (Å²) in [6, 6.07) is 3.39. The van der Waals surface area contributed by atoms with Crippen LogP contribution < -0.4 is 9.64 Å². The summed E-state index contributed by atoms with van der Waals surface area (Å²) >= 11 is 0. The van der Waals surface area contributed by atoms with Gasteiger partial charge in [-0.2, -0.15) is 0 Å². The van der Waals surface area contributed by atoms with Crippen molar-refractivity contribution in [2.45, 2.75) is 6.92 Å². The molecule has 0 unspecified atom stereocenters. The van der Waals surface area contributed by atoms with Crippen molar-refractivity contribution >= 4 is 11.5 Å². The highest BCUT2D eigenvalue weighted by molar-refractivity contribution is 5.66. The third kappa shape index (κ3) is 2.21. The summed E-state index contributed by atoms with van der Waals surface area (Å²) in [7, 11) is 0. The maximum atomic E-state index is 13.3. The van der Waals surface area contributed by atoms with Crippen LogP contribution >= 0.6 is 0 Å². The Morgan fingerprint density at radius 2 is 1.95 bits per heavy atom. The van der Waals surface area contributed by atoms with E-state index in [0.717, 1.165) is 6.07 Å². The lowest BCUT2D eigenvalue weighted by Crippen LogP contribution is -2.30. The Balaban J connectivity index is 2.10. The Morgan fingerprint density at radius 1 is 1.21 bits per heavy atom. The van der Waals surface area contributed by atoms with Crippen molar-refractivity contribution in [3.8, 4) is 5.75 Å². The van der Waals surface area contributed by atoms with Crippen molar-refractivity contribution in [2.24, 2.45) is 0 Å². The second-order valence-electron chi connectivity index (χ2n) is 4.23. The van der Waals surface area contributed by atoms with Crippen molar-refractivity contribution in [2.75, 3.05) is 18.1 Å². The molecule has 0 saturated carbocycles. The Hall–Kier alpha value is -2.24.